The van der Waals surface area contributed by atoms with Crippen molar-refractivity contribution in [1.82, 2.24) is 4.90 Å². The van der Waals surface area contributed by atoms with Gasteiger partial charge in [0.05, 0.1) is 5.92 Å². The van der Waals surface area contributed by atoms with Crippen LogP contribution in [0.2, 0.25) is 0 Å². The fourth-order valence-electron chi connectivity index (χ4n) is 2.71. The van der Waals surface area contributed by atoms with Crippen LogP contribution in [0.5, 0.6) is 5.75 Å². The van der Waals surface area contributed by atoms with Crippen LogP contribution >= 0.6 is 0 Å². The highest BCUT2D eigenvalue weighted by Crippen LogP contribution is 2.25. The van der Waals surface area contributed by atoms with E-state index < -0.39 is 11.9 Å². The van der Waals surface area contributed by atoms with E-state index in [-0.39, 0.29) is 18.6 Å². The van der Waals surface area contributed by atoms with Crippen LogP contribution in [0.15, 0.2) is 18.2 Å². The summed E-state index contributed by atoms with van der Waals surface area (Å²) in [6, 6.07) is 5.56. The summed E-state index contributed by atoms with van der Waals surface area (Å²) in [5, 5.41) is 9.09. The van der Waals surface area contributed by atoms with Gasteiger partial charge >= 0.3 is 5.97 Å². The van der Waals surface area contributed by atoms with Gasteiger partial charge < -0.3 is 14.7 Å². The number of aliphatic carboxylic acids is 1. The van der Waals surface area contributed by atoms with Crippen molar-refractivity contribution in [3.8, 4) is 5.75 Å². The van der Waals surface area contributed by atoms with Crippen LogP contribution in [0, 0.1) is 19.8 Å². The van der Waals surface area contributed by atoms with Crippen molar-refractivity contribution in [2.45, 2.75) is 33.2 Å². The van der Waals surface area contributed by atoms with Gasteiger partial charge in [0.25, 0.3) is 5.91 Å². The number of likely N-dealkylation sites (tertiary alicyclic amines) is 1. The standard InChI is InChI=1S/C16H21NO4/c1-10-4-5-11(2)14(8-10)21-9-15(18)17-7-6-13(12(17)3)16(19)20/h4-5,8,12-13H,6-7,9H2,1-3H3,(H,19,20). The Morgan fingerprint density at radius 1 is 1.38 bits per heavy atom. The molecule has 2 unspecified atom stereocenters. The Kier molecular flexibility index (Phi) is 4.50. The average Bonchev–Trinajstić information content (AvgIpc) is 2.81. The number of carboxylic acid groups (broad SMARTS) is 1. The SMILES string of the molecule is Cc1ccc(C)c(OCC(=O)N2CCC(C(=O)O)C2C)c1. The number of hydrogen-bond acceptors (Lipinski definition) is 3. The summed E-state index contributed by atoms with van der Waals surface area (Å²) >= 11 is 0. The van der Waals surface area contributed by atoms with E-state index >= 15 is 0 Å². The van der Waals surface area contributed by atoms with Crippen LogP contribution in [-0.4, -0.2) is 41.1 Å². The molecular formula is C16H21NO4. The number of nitrogens with zero attached hydrogens (tertiary/aromatic N) is 1. The molecule has 0 radical (unpaired) electrons. The molecule has 0 saturated carbocycles. The molecule has 21 heavy (non-hydrogen) atoms. The second-order valence-corrected chi connectivity index (χ2v) is 5.62. The Morgan fingerprint density at radius 2 is 2.10 bits per heavy atom. The molecule has 1 aliphatic heterocycles. The smallest absolute Gasteiger partial charge is 0.308 e. The van der Waals surface area contributed by atoms with Crippen molar-refractivity contribution in [1.29, 1.82) is 0 Å². The summed E-state index contributed by atoms with van der Waals surface area (Å²) in [5.74, 6) is -0.778. The van der Waals surface area contributed by atoms with Crippen LogP contribution in [0.1, 0.15) is 24.5 Å². The summed E-state index contributed by atoms with van der Waals surface area (Å²) in [4.78, 5) is 24.9. The van der Waals surface area contributed by atoms with Crippen molar-refractivity contribution in [2.75, 3.05) is 13.2 Å². The molecule has 1 aromatic carbocycles. The first-order valence-corrected chi connectivity index (χ1v) is 7.12. The molecule has 5 nitrogen and oxygen atoms in total. The summed E-state index contributed by atoms with van der Waals surface area (Å²) in [6.45, 7) is 6.10. The predicted molar refractivity (Wildman–Crippen MR) is 78.3 cm³/mol. The lowest BCUT2D eigenvalue weighted by molar-refractivity contribution is -0.143. The summed E-state index contributed by atoms with van der Waals surface area (Å²) in [7, 11) is 0. The maximum atomic E-state index is 12.2. The van der Waals surface area contributed by atoms with Gasteiger partial charge in [0.2, 0.25) is 0 Å². The molecule has 1 saturated heterocycles. The van der Waals surface area contributed by atoms with E-state index in [1.54, 1.807) is 11.8 Å². The highest BCUT2D eigenvalue weighted by Gasteiger charge is 2.38. The van der Waals surface area contributed by atoms with E-state index in [1.165, 1.54) is 0 Å². The first-order chi connectivity index (χ1) is 9.90. The number of amides is 1. The van der Waals surface area contributed by atoms with Gasteiger partial charge in [-0.25, -0.2) is 0 Å². The number of carbonyl (C=O) groups excluding carboxylic acids is 1. The van der Waals surface area contributed by atoms with Crippen molar-refractivity contribution >= 4 is 11.9 Å². The van der Waals surface area contributed by atoms with E-state index in [0.29, 0.717) is 18.7 Å². The fraction of sp³-hybridized carbons (Fsp3) is 0.500. The van der Waals surface area contributed by atoms with Gasteiger partial charge in [-0.2, -0.15) is 0 Å². The van der Waals surface area contributed by atoms with Crippen molar-refractivity contribution < 1.29 is 19.4 Å². The van der Waals surface area contributed by atoms with E-state index in [9.17, 15) is 9.59 Å². The second-order valence-electron chi connectivity index (χ2n) is 5.62. The largest absolute Gasteiger partial charge is 0.483 e. The molecule has 1 N–H and O–H groups in total. The van der Waals surface area contributed by atoms with Crippen LogP contribution in [0.25, 0.3) is 0 Å². The second kappa shape index (κ2) is 6.16. The van der Waals surface area contributed by atoms with Gasteiger partial charge in [0.15, 0.2) is 6.61 Å². The average molecular weight is 291 g/mol. The number of benzene rings is 1. The van der Waals surface area contributed by atoms with Crippen molar-refractivity contribution in [3.05, 3.63) is 29.3 Å². The van der Waals surface area contributed by atoms with E-state index in [4.69, 9.17) is 9.84 Å². The van der Waals surface area contributed by atoms with E-state index in [1.807, 2.05) is 32.0 Å². The normalized spacial score (nSPS) is 21.4. The van der Waals surface area contributed by atoms with Gasteiger partial charge in [-0.1, -0.05) is 12.1 Å². The zero-order chi connectivity index (χ0) is 15.6. The van der Waals surface area contributed by atoms with Crippen LogP contribution in [0.3, 0.4) is 0 Å². The summed E-state index contributed by atoms with van der Waals surface area (Å²) in [5.41, 5.74) is 2.05. The molecular weight excluding hydrogens is 270 g/mol. The number of carboxylic acids is 1. The molecule has 1 aromatic rings. The number of hydrogen-bond donors (Lipinski definition) is 1. The lowest BCUT2D eigenvalue weighted by Crippen LogP contribution is -2.40. The molecule has 5 heteroatoms. The topological polar surface area (TPSA) is 66.8 Å². The lowest BCUT2D eigenvalue weighted by Gasteiger charge is -2.23. The Bertz CT molecular complexity index is 555. The zero-order valence-corrected chi connectivity index (χ0v) is 12.6. The Balaban J connectivity index is 1.96. The highest BCUT2D eigenvalue weighted by atomic mass is 16.5. The molecule has 2 atom stereocenters. The van der Waals surface area contributed by atoms with Crippen LogP contribution < -0.4 is 4.74 Å². The van der Waals surface area contributed by atoms with Gasteiger partial charge in [0.1, 0.15) is 5.75 Å². The predicted octanol–water partition coefficient (Wildman–Crippen LogP) is 2.00. The van der Waals surface area contributed by atoms with E-state index in [0.717, 1.165) is 11.1 Å². The third kappa shape index (κ3) is 3.35. The summed E-state index contributed by atoms with van der Waals surface area (Å²) < 4.78 is 5.60. The molecule has 1 heterocycles. The minimum absolute atomic E-state index is 0.0546. The molecule has 0 bridgehead atoms. The third-order valence-electron chi connectivity index (χ3n) is 4.09. The minimum atomic E-state index is -0.840. The highest BCUT2D eigenvalue weighted by molar-refractivity contribution is 5.80. The molecule has 0 aliphatic carbocycles. The molecule has 0 spiro atoms. The Labute approximate surface area is 124 Å². The number of ether oxygens (including phenoxy) is 1. The number of rotatable bonds is 4. The van der Waals surface area contributed by atoms with Crippen molar-refractivity contribution in [3.63, 3.8) is 0 Å². The zero-order valence-electron chi connectivity index (χ0n) is 12.6. The maximum absolute atomic E-state index is 12.2. The number of aryl methyl sites for hydroxylation is 2. The first kappa shape index (κ1) is 15.4. The molecule has 1 fully saturated rings. The van der Waals surface area contributed by atoms with Crippen LogP contribution in [0.4, 0.5) is 0 Å². The fourth-order valence-corrected chi connectivity index (χ4v) is 2.71. The first-order valence-electron chi connectivity index (χ1n) is 7.12. The van der Waals surface area contributed by atoms with Gasteiger partial charge in [-0.15, -0.1) is 0 Å². The Morgan fingerprint density at radius 3 is 2.71 bits per heavy atom. The Hall–Kier alpha value is -2.04. The van der Waals surface area contributed by atoms with E-state index in [2.05, 4.69) is 0 Å². The van der Waals surface area contributed by atoms with Gasteiger partial charge in [-0.05, 0) is 44.4 Å². The minimum Gasteiger partial charge on any atom is -0.483 e. The molecule has 1 amide bonds. The molecule has 1 aliphatic rings. The quantitative estimate of drug-likeness (QED) is 0.921. The molecule has 2 rings (SSSR count). The maximum Gasteiger partial charge on any atom is 0.308 e. The van der Waals surface area contributed by atoms with Gasteiger partial charge in [-0.3, -0.25) is 9.59 Å². The lowest BCUT2D eigenvalue weighted by atomic mass is 10.0. The molecule has 114 valence electrons. The van der Waals surface area contributed by atoms with Gasteiger partial charge in [0, 0.05) is 12.6 Å². The van der Waals surface area contributed by atoms with Crippen LogP contribution in [-0.2, 0) is 9.59 Å². The third-order valence-corrected chi connectivity index (χ3v) is 4.09. The van der Waals surface area contributed by atoms with Crippen molar-refractivity contribution in [2.24, 2.45) is 5.92 Å². The monoisotopic (exact) mass is 291 g/mol. The molecule has 0 aromatic heterocycles. The number of carbonyl (C=O) groups is 2. The summed E-state index contributed by atoms with van der Waals surface area (Å²) in [6.07, 6.45) is 0.506.